The van der Waals surface area contributed by atoms with Crippen LogP contribution in [0, 0.1) is 0 Å². The van der Waals surface area contributed by atoms with Gasteiger partial charge in [0.2, 0.25) is 0 Å². The van der Waals surface area contributed by atoms with E-state index in [4.69, 9.17) is 9.47 Å². The summed E-state index contributed by atoms with van der Waals surface area (Å²) < 4.78 is 38.1. The van der Waals surface area contributed by atoms with Gasteiger partial charge in [-0.15, -0.1) is 0 Å². The number of benzene rings is 3. The Labute approximate surface area is 182 Å². The van der Waals surface area contributed by atoms with Gasteiger partial charge in [0, 0.05) is 12.1 Å². The Kier molecular flexibility index (Phi) is 7.15. The molecule has 3 aromatic rings. The van der Waals surface area contributed by atoms with Crippen LogP contribution in [0.15, 0.2) is 77.7 Å². The lowest BCUT2D eigenvalue weighted by molar-refractivity contribution is 0.0954. The predicted molar refractivity (Wildman–Crippen MR) is 119 cm³/mol. The lowest BCUT2D eigenvalue weighted by Gasteiger charge is -2.12. The second kappa shape index (κ2) is 9.99. The molecule has 0 aromatic heterocycles. The third-order valence-electron chi connectivity index (χ3n) is 4.64. The molecule has 0 spiro atoms. The highest BCUT2D eigenvalue weighted by Gasteiger charge is 2.17. The molecule has 0 bridgehead atoms. The third-order valence-corrected chi connectivity index (χ3v) is 6.02. The molecular formula is C23H24N2O5S. The molecule has 31 heavy (non-hydrogen) atoms. The second-order valence-electron chi connectivity index (χ2n) is 6.68. The summed E-state index contributed by atoms with van der Waals surface area (Å²) in [5.41, 5.74) is 1.79. The molecular weight excluding hydrogens is 416 g/mol. The minimum atomic E-state index is -3.82. The van der Waals surface area contributed by atoms with Gasteiger partial charge in [-0.1, -0.05) is 24.3 Å². The number of nitrogens with one attached hydrogen (secondary N) is 2. The zero-order valence-electron chi connectivity index (χ0n) is 17.3. The summed E-state index contributed by atoms with van der Waals surface area (Å²) in [6.45, 7) is 0.459. The van der Waals surface area contributed by atoms with E-state index in [1.54, 1.807) is 31.4 Å². The third kappa shape index (κ3) is 5.76. The van der Waals surface area contributed by atoms with Crippen molar-refractivity contribution in [1.29, 1.82) is 0 Å². The normalized spacial score (nSPS) is 10.9. The summed E-state index contributed by atoms with van der Waals surface area (Å²) in [5.74, 6) is 0.928. The highest BCUT2D eigenvalue weighted by molar-refractivity contribution is 7.92. The van der Waals surface area contributed by atoms with E-state index in [1.807, 2.05) is 24.3 Å². The molecule has 0 aliphatic heterocycles. The van der Waals surface area contributed by atoms with Gasteiger partial charge < -0.3 is 14.8 Å². The van der Waals surface area contributed by atoms with Gasteiger partial charge in [-0.2, -0.15) is 0 Å². The number of hydrogen-bond donors (Lipinski definition) is 2. The maximum atomic E-state index is 12.6. The number of para-hydroxylation sites is 2. The first-order valence-electron chi connectivity index (χ1n) is 9.60. The average molecular weight is 441 g/mol. The summed E-state index contributed by atoms with van der Waals surface area (Å²) in [4.78, 5) is 12.4. The molecule has 3 aromatic carbocycles. The summed E-state index contributed by atoms with van der Waals surface area (Å²) in [6.07, 6.45) is 0.672. The molecule has 8 heteroatoms. The number of methoxy groups -OCH3 is 2. The number of rotatable bonds is 9. The van der Waals surface area contributed by atoms with Crippen molar-refractivity contribution in [3.63, 3.8) is 0 Å². The fourth-order valence-corrected chi connectivity index (χ4v) is 4.00. The molecule has 7 nitrogen and oxygen atoms in total. The summed E-state index contributed by atoms with van der Waals surface area (Å²) >= 11 is 0. The van der Waals surface area contributed by atoms with Crippen LogP contribution < -0.4 is 19.5 Å². The maximum absolute atomic E-state index is 12.6. The molecule has 162 valence electrons. The van der Waals surface area contributed by atoms with Crippen molar-refractivity contribution in [3.8, 4) is 11.5 Å². The number of carbonyl (C=O) groups is 1. The molecule has 0 heterocycles. The van der Waals surface area contributed by atoms with E-state index in [0.717, 1.165) is 11.3 Å². The van der Waals surface area contributed by atoms with Gasteiger partial charge in [-0.3, -0.25) is 9.52 Å². The van der Waals surface area contributed by atoms with Gasteiger partial charge in [-0.25, -0.2) is 8.42 Å². The average Bonchev–Trinajstić information content (AvgIpc) is 2.79. The monoisotopic (exact) mass is 440 g/mol. The van der Waals surface area contributed by atoms with Crippen molar-refractivity contribution in [2.45, 2.75) is 11.3 Å². The van der Waals surface area contributed by atoms with Crippen LogP contribution >= 0.6 is 0 Å². The molecule has 0 unspecified atom stereocenters. The van der Waals surface area contributed by atoms with E-state index in [0.29, 0.717) is 30.0 Å². The Bertz CT molecular complexity index is 1130. The first-order chi connectivity index (χ1) is 14.9. The molecule has 2 N–H and O–H groups in total. The summed E-state index contributed by atoms with van der Waals surface area (Å²) in [7, 11) is -0.740. The Morgan fingerprint density at radius 1 is 0.871 bits per heavy atom. The molecule has 0 fully saturated rings. The smallest absolute Gasteiger partial charge is 0.262 e. The number of ether oxygens (including phenoxy) is 2. The standard InChI is InChI=1S/C23H24N2O5S/c1-29-19-11-7-17(8-12-19)15-16-24-23(26)18-9-13-20(14-10-18)31(27,28)25-21-5-3-4-6-22(21)30-2/h3-14,25H,15-16H2,1-2H3,(H,24,26). The Hall–Kier alpha value is -3.52. The topological polar surface area (TPSA) is 93.7 Å². The molecule has 3 rings (SSSR count). The van der Waals surface area contributed by atoms with Crippen LogP contribution in [-0.2, 0) is 16.4 Å². The fraction of sp³-hybridized carbons (Fsp3) is 0.174. The van der Waals surface area contributed by atoms with Crippen molar-refractivity contribution in [2.75, 3.05) is 25.5 Å². The van der Waals surface area contributed by atoms with Gasteiger partial charge in [0.15, 0.2) is 0 Å². The van der Waals surface area contributed by atoms with Crippen LogP contribution in [0.3, 0.4) is 0 Å². The first kappa shape index (κ1) is 22.2. The summed E-state index contributed by atoms with van der Waals surface area (Å²) in [5, 5.41) is 2.84. The lowest BCUT2D eigenvalue weighted by Crippen LogP contribution is -2.25. The van der Waals surface area contributed by atoms with E-state index in [2.05, 4.69) is 10.0 Å². The Morgan fingerprint density at radius 2 is 1.55 bits per heavy atom. The Morgan fingerprint density at radius 3 is 2.19 bits per heavy atom. The number of sulfonamides is 1. The van der Waals surface area contributed by atoms with E-state index in [9.17, 15) is 13.2 Å². The van der Waals surface area contributed by atoms with Crippen LogP contribution in [0.2, 0.25) is 0 Å². The van der Waals surface area contributed by atoms with E-state index in [1.165, 1.54) is 31.4 Å². The lowest BCUT2D eigenvalue weighted by atomic mass is 10.1. The van der Waals surface area contributed by atoms with Gasteiger partial charge in [-0.05, 0) is 60.5 Å². The minimum Gasteiger partial charge on any atom is -0.497 e. The molecule has 1 amide bonds. The number of amides is 1. The van der Waals surface area contributed by atoms with E-state index in [-0.39, 0.29) is 10.8 Å². The largest absolute Gasteiger partial charge is 0.497 e. The van der Waals surface area contributed by atoms with Crippen molar-refractivity contribution >= 4 is 21.6 Å². The van der Waals surface area contributed by atoms with E-state index >= 15 is 0 Å². The number of anilines is 1. The zero-order chi connectivity index (χ0) is 22.3. The molecule has 0 aliphatic carbocycles. The molecule has 0 aliphatic rings. The zero-order valence-corrected chi connectivity index (χ0v) is 18.1. The minimum absolute atomic E-state index is 0.0492. The molecule has 0 atom stereocenters. The van der Waals surface area contributed by atoms with Gasteiger partial charge in [0.25, 0.3) is 15.9 Å². The SMILES string of the molecule is COc1ccc(CCNC(=O)c2ccc(S(=O)(=O)Nc3ccccc3OC)cc2)cc1. The maximum Gasteiger partial charge on any atom is 0.262 e. The quantitative estimate of drug-likeness (QED) is 0.531. The van der Waals surface area contributed by atoms with Gasteiger partial charge in [0.05, 0.1) is 24.8 Å². The molecule has 0 saturated carbocycles. The highest BCUT2D eigenvalue weighted by Crippen LogP contribution is 2.26. The van der Waals surface area contributed by atoms with Gasteiger partial charge in [0.1, 0.15) is 11.5 Å². The van der Waals surface area contributed by atoms with Crippen LogP contribution in [0.5, 0.6) is 11.5 Å². The molecule has 0 radical (unpaired) electrons. The number of hydrogen-bond acceptors (Lipinski definition) is 5. The van der Waals surface area contributed by atoms with E-state index < -0.39 is 10.0 Å². The van der Waals surface area contributed by atoms with Crippen LogP contribution in [0.4, 0.5) is 5.69 Å². The summed E-state index contributed by atoms with van der Waals surface area (Å²) in [6, 6.07) is 20.1. The van der Waals surface area contributed by atoms with Crippen LogP contribution in [-0.4, -0.2) is 35.1 Å². The first-order valence-corrected chi connectivity index (χ1v) is 11.1. The number of carbonyl (C=O) groups excluding carboxylic acids is 1. The van der Waals surface area contributed by atoms with Crippen molar-refractivity contribution in [3.05, 3.63) is 83.9 Å². The highest BCUT2D eigenvalue weighted by atomic mass is 32.2. The van der Waals surface area contributed by atoms with Crippen LogP contribution in [0.1, 0.15) is 15.9 Å². The predicted octanol–water partition coefficient (Wildman–Crippen LogP) is 3.48. The van der Waals surface area contributed by atoms with Gasteiger partial charge >= 0.3 is 0 Å². The molecule has 0 saturated heterocycles. The van der Waals surface area contributed by atoms with Crippen molar-refractivity contribution in [2.24, 2.45) is 0 Å². The van der Waals surface area contributed by atoms with Crippen LogP contribution in [0.25, 0.3) is 0 Å². The van der Waals surface area contributed by atoms with Crippen molar-refractivity contribution in [1.82, 2.24) is 5.32 Å². The Balaban J connectivity index is 1.59. The van der Waals surface area contributed by atoms with Crippen molar-refractivity contribution < 1.29 is 22.7 Å². The fourth-order valence-electron chi connectivity index (χ4n) is 2.93. The second-order valence-corrected chi connectivity index (χ2v) is 8.37.